The number of aliphatic hydroxyl groups is 1. The fourth-order valence-electron chi connectivity index (χ4n) is 4.97. The standard InChI is InChI=1S/C28H33N5O3.Fe/c34-27(31-22-10-2-1-3-11-22)20-32(18-23-12-6-8-16-29-23)25-14-4-5-15-26(25)33(21-28(35)36)19-24-13-7-9-17-30-24;/h1-3,6-13,16-17,25-26H,4-5,14-15,18-21H2,(H,31,34)(H,35,36);/q;+2/t25?,26-;/m0./s1. The number of nitrogens with zero attached hydrogens (tertiary/aromatic N) is 5. The maximum atomic E-state index is 11.8. The molecule has 0 bridgehead atoms. The van der Waals surface area contributed by atoms with Crippen LogP contribution in [0.4, 0.5) is 5.69 Å². The molecule has 2 atom stereocenters. The van der Waals surface area contributed by atoms with E-state index in [0.29, 0.717) is 18.8 Å². The zero-order valence-electron chi connectivity index (χ0n) is 20.7. The summed E-state index contributed by atoms with van der Waals surface area (Å²) in [5.41, 5.74) is 2.42. The molecule has 1 aliphatic rings. The van der Waals surface area contributed by atoms with Crippen molar-refractivity contribution in [2.24, 2.45) is 4.99 Å². The van der Waals surface area contributed by atoms with Crippen LogP contribution < -0.4 is 0 Å². The minimum absolute atomic E-state index is 0. The second-order valence-corrected chi connectivity index (χ2v) is 9.13. The van der Waals surface area contributed by atoms with Crippen LogP contribution in [0.15, 0.2) is 84.1 Å². The predicted molar refractivity (Wildman–Crippen MR) is 139 cm³/mol. The molecule has 0 amide bonds. The summed E-state index contributed by atoms with van der Waals surface area (Å²) in [5.74, 6) is -0.837. The molecule has 3 aromatic rings. The zero-order chi connectivity index (χ0) is 25.2. The van der Waals surface area contributed by atoms with Crippen LogP contribution in [0.5, 0.6) is 0 Å². The molecule has 0 saturated heterocycles. The molecule has 1 aromatic carbocycles. The maximum Gasteiger partial charge on any atom is 2.00 e. The second-order valence-electron chi connectivity index (χ2n) is 9.13. The van der Waals surface area contributed by atoms with Crippen LogP contribution >= 0.6 is 0 Å². The Kier molecular flexibility index (Phi) is 11.2. The molecule has 1 saturated carbocycles. The molecule has 0 spiro atoms. The Hall–Kier alpha value is -3.10. The van der Waals surface area contributed by atoms with Crippen LogP contribution in [0.3, 0.4) is 0 Å². The molecular weight excluding hydrogens is 510 g/mol. The van der Waals surface area contributed by atoms with E-state index in [9.17, 15) is 15.0 Å². The smallest absolute Gasteiger partial charge is 0.495 e. The predicted octanol–water partition coefficient (Wildman–Crippen LogP) is 4.46. The molecule has 0 radical (unpaired) electrons. The summed E-state index contributed by atoms with van der Waals surface area (Å²) < 4.78 is 0. The van der Waals surface area contributed by atoms with Crippen molar-refractivity contribution in [3.05, 3.63) is 90.5 Å². The number of aliphatic carboxylic acids is 1. The number of carboxylic acids is 1. The van der Waals surface area contributed by atoms with Gasteiger partial charge in [0.15, 0.2) is 0 Å². The van der Waals surface area contributed by atoms with Gasteiger partial charge in [-0.25, -0.2) is 4.99 Å². The van der Waals surface area contributed by atoms with Gasteiger partial charge < -0.3 is 10.2 Å². The van der Waals surface area contributed by atoms with Crippen LogP contribution in [0.25, 0.3) is 0 Å². The molecule has 2 aromatic heterocycles. The third-order valence-electron chi connectivity index (χ3n) is 6.51. The third kappa shape index (κ3) is 8.75. The molecule has 8 nitrogen and oxygen atoms in total. The normalized spacial score (nSPS) is 17.9. The molecule has 37 heavy (non-hydrogen) atoms. The number of rotatable bonds is 11. The van der Waals surface area contributed by atoms with E-state index < -0.39 is 5.97 Å². The van der Waals surface area contributed by atoms with Gasteiger partial charge in [-0.2, -0.15) is 0 Å². The second kappa shape index (κ2) is 14.6. The molecule has 194 valence electrons. The maximum absolute atomic E-state index is 11.8. The molecule has 4 rings (SSSR count). The first-order valence-electron chi connectivity index (χ1n) is 12.4. The third-order valence-corrected chi connectivity index (χ3v) is 6.51. The van der Waals surface area contributed by atoms with Gasteiger partial charge in [-0.1, -0.05) is 43.2 Å². The first kappa shape index (κ1) is 28.5. The van der Waals surface area contributed by atoms with E-state index in [4.69, 9.17) is 0 Å². The molecule has 9 heteroatoms. The van der Waals surface area contributed by atoms with Crippen molar-refractivity contribution in [2.75, 3.05) is 13.1 Å². The fraction of sp³-hybridized carbons (Fsp3) is 0.357. The summed E-state index contributed by atoms with van der Waals surface area (Å²) in [5, 5.41) is 20.6. The number of hydrogen-bond donors (Lipinski definition) is 2. The van der Waals surface area contributed by atoms with E-state index in [2.05, 4.69) is 19.9 Å². The Labute approximate surface area is 228 Å². The van der Waals surface area contributed by atoms with E-state index in [1.54, 1.807) is 12.4 Å². The minimum atomic E-state index is -0.861. The Morgan fingerprint density at radius 2 is 1.30 bits per heavy atom. The van der Waals surface area contributed by atoms with Crippen LogP contribution in [0.2, 0.25) is 0 Å². The minimum Gasteiger partial charge on any atom is -0.495 e. The van der Waals surface area contributed by atoms with Crippen LogP contribution in [0.1, 0.15) is 37.1 Å². The van der Waals surface area contributed by atoms with Crippen molar-refractivity contribution in [1.82, 2.24) is 19.8 Å². The molecule has 1 aliphatic carbocycles. The Morgan fingerprint density at radius 3 is 1.78 bits per heavy atom. The van der Waals surface area contributed by atoms with Gasteiger partial charge in [0.05, 0.1) is 30.2 Å². The topological polar surface area (TPSA) is 102 Å². The monoisotopic (exact) mass is 543 g/mol. The summed E-state index contributed by atoms with van der Waals surface area (Å²) in [6, 6.07) is 20.9. The van der Waals surface area contributed by atoms with E-state index in [1.165, 1.54) is 0 Å². The van der Waals surface area contributed by atoms with Gasteiger partial charge in [0.25, 0.3) is 0 Å². The van der Waals surface area contributed by atoms with Crippen molar-refractivity contribution in [3.63, 3.8) is 0 Å². The summed E-state index contributed by atoms with van der Waals surface area (Å²) in [6.45, 7) is 1.16. The first-order chi connectivity index (χ1) is 17.6. The fourth-order valence-corrected chi connectivity index (χ4v) is 4.97. The van der Waals surface area contributed by atoms with Crippen LogP contribution in [0, 0.1) is 0 Å². The summed E-state index contributed by atoms with van der Waals surface area (Å²) >= 11 is 0. The summed E-state index contributed by atoms with van der Waals surface area (Å²) in [4.78, 5) is 29.4. The van der Waals surface area contributed by atoms with Gasteiger partial charge in [-0.3, -0.25) is 24.6 Å². The number of benzene rings is 1. The van der Waals surface area contributed by atoms with Gasteiger partial charge in [0, 0.05) is 37.6 Å². The largest absolute Gasteiger partial charge is 2.00 e. The summed E-state index contributed by atoms with van der Waals surface area (Å²) in [7, 11) is 0. The quantitative estimate of drug-likeness (QED) is 0.209. The zero-order valence-corrected chi connectivity index (χ0v) is 21.8. The number of para-hydroxylation sites is 1. The average molecular weight is 543 g/mol. The van der Waals surface area contributed by atoms with Gasteiger partial charge >= 0.3 is 23.0 Å². The number of aromatic nitrogens is 2. The Bertz CT molecular complexity index is 1120. The number of carbonyl (C=O) groups is 1. The van der Waals surface area contributed by atoms with E-state index in [-0.39, 0.29) is 48.1 Å². The van der Waals surface area contributed by atoms with Crippen molar-refractivity contribution < 1.29 is 32.1 Å². The average Bonchev–Trinajstić information content (AvgIpc) is 2.89. The Balaban J connectivity index is 0.00000380. The SMILES string of the molecule is O=C(O)CN(Cc1ccccn1)[C@H]1CCCCC1N(CC(O)=Nc1ccccc1)Cc1ccccn1.[Fe+2]. The number of aliphatic imine (C=N–C) groups is 1. The van der Waals surface area contributed by atoms with Crippen molar-refractivity contribution in [3.8, 4) is 0 Å². The van der Waals surface area contributed by atoms with Gasteiger partial charge in [-0.15, -0.1) is 0 Å². The van der Waals surface area contributed by atoms with Crippen LogP contribution in [-0.2, 0) is 35.0 Å². The molecule has 1 unspecified atom stereocenters. The van der Waals surface area contributed by atoms with Crippen LogP contribution in [-0.4, -0.2) is 67.0 Å². The molecular formula is C28H33FeN5O3+2. The van der Waals surface area contributed by atoms with E-state index >= 15 is 0 Å². The van der Waals surface area contributed by atoms with Gasteiger partial charge in [0.1, 0.15) is 0 Å². The van der Waals surface area contributed by atoms with E-state index in [1.807, 2.05) is 71.6 Å². The van der Waals surface area contributed by atoms with Gasteiger partial charge in [0.2, 0.25) is 5.90 Å². The first-order valence-corrected chi connectivity index (χ1v) is 12.4. The van der Waals surface area contributed by atoms with Gasteiger partial charge in [-0.05, 0) is 49.2 Å². The van der Waals surface area contributed by atoms with Crippen molar-refractivity contribution >= 4 is 17.6 Å². The molecule has 0 aliphatic heterocycles. The molecule has 2 N–H and O–H groups in total. The number of aliphatic hydroxyl groups excluding tert-OH is 1. The number of hydrogen-bond acceptors (Lipinski definition) is 6. The Morgan fingerprint density at radius 1 is 0.784 bits per heavy atom. The van der Waals surface area contributed by atoms with E-state index in [0.717, 1.165) is 37.1 Å². The summed E-state index contributed by atoms with van der Waals surface area (Å²) in [6.07, 6.45) is 7.34. The van der Waals surface area contributed by atoms with Crippen molar-refractivity contribution in [1.29, 1.82) is 0 Å². The number of carboxylic acid groups (broad SMARTS) is 1. The molecule has 1 fully saturated rings. The number of pyridine rings is 2. The van der Waals surface area contributed by atoms with Crippen molar-refractivity contribution in [2.45, 2.75) is 50.9 Å². The molecule has 2 heterocycles.